The van der Waals surface area contributed by atoms with E-state index in [4.69, 9.17) is 0 Å². The Balaban J connectivity index is 1.75. The van der Waals surface area contributed by atoms with Crippen LogP contribution < -0.4 is 5.32 Å². The van der Waals surface area contributed by atoms with Crippen LogP contribution in [0.4, 0.5) is 0 Å². The maximum absolute atomic E-state index is 9.65. The van der Waals surface area contributed by atoms with Crippen molar-refractivity contribution < 1.29 is 5.11 Å². The predicted molar refractivity (Wildman–Crippen MR) is 74.9 cm³/mol. The highest BCUT2D eigenvalue weighted by atomic mass is 16.3. The third kappa shape index (κ3) is 2.76. The van der Waals surface area contributed by atoms with E-state index in [0.29, 0.717) is 11.8 Å². The lowest BCUT2D eigenvalue weighted by Crippen LogP contribution is -2.25. The summed E-state index contributed by atoms with van der Waals surface area (Å²) in [6.07, 6.45) is 5.23. The quantitative estimate of drug-likeness (QED) is 0.885. The molecule has 0 saturated carbocycles. The highest BCUT2D eigenvalue weighted by Crippen LogP contribution is 2.32. The number of rotatable bonds is 3. The monoisotopic (exact) mass is 254 g/mol. The van der Waals surface area contributed by atoms with Gasteiger partial charge in [-0.05, 0) is 54.7 Å². The van der Waals surface area contributed by atoms with Gasteiger partial charge >= 0.3 is 0 Å². The number of hydrogen-bond acceptors (Lipinski definition) is 3. The summed E-state index contributed by atoms with van der Waals surface area (Å²) in [5.41, 5.74) is 3.64. The molecule has 1 aromatic carbocycles. The number of benzene rings is 1. The van der Waals surface area contributed by atoms with E-state index in [0.717, 1.165) is 25.1 Å². The summed E-state index contributed by atoms with van der Waals surface area (Å²) < 4.78 is 0. The van der Waals surface area contributed by atoms with E-state index in [1.165, 1.54) is 17.5 Å². The molecule has 1 unspecified atom stereocenters. The molecule has 3 rings (SSSR count). The molecular formula is C16H18N2O. The van der Waals surface area contributed by atoms with Crippen molar-refractivity contribution in [3.63, 3.8) is 0 Å². The van der Waals surface area contributed by atoms with Crippen LogP contribution >= 0.6 is 0 Å². The Kier molecular flexibility index (Phi) is 3.47. The lowest BCUT2D eigenvalue weighted by Gasteiger charge is -2.26. The average Bonchev–Trinajstić information content (AvgIpc) is 2.46. The molecule has 0 bridgehead atoms. The Morgan fingerprint density at radius 3 is 3.05 bits per heavy atom. The zero-order valence-corrected chi connectivity index (χ0v) is 10.8. The van der Waals surface area contributed by atoms with Crippen molar-refractivity contribution in [1.82, 2.24) is 10.3 Å². The second kappa shape index (κ2) is 5.41. The van der Waals surface area contributed by atoms with Gasteiger partial charge in [-0.1, -0.05) is 12.1 Å². The number of nitrogens with zero attached hydrogens (tertiary/aromatic N) is 1. The Bertz CT molecular complexity index is 554. The number of phenolic OH excluding ortho intramolecular Hbond substituents is 1. The number of nitrogens with one attached hydrogen (secondary N) is 1. The number of fused-ring (bicyclic) bond motifs is 1. The number of phenols is 1. The van der Waals surface area contributed by atoms with E-state index in [2.05, 4.69) is 10.3 Å². The summed E-state index contributed by atoms with van der Waals surface area (Å²) in [4.78, 5) is 4.32. The fraction of sp³-hybridized carbons (Fsp3) is 0.312. The van der Waals surface area contributed by atoms with Crippen LogP contribution in [0.25, 0.3) is 0 Å². The molecule has 1 aromatic heterocycles. The molecule has 3 nitrogen and oxygen atoms in total. The van der Waals surface area contributed by atoms with Crippen molar-refractivity contribution in [2.75, 3.05) is 0 Å². The maximum Gasteiger partial charge on any atom is 0.115 e. The largest absolute Gasteiger partial charge is 0.508 e. The zero-order chi connectivity index (χ0) is 13.1. The van der Waals surface area contributed by atoms with Crippen LogP contribution in [0.15, 0.2) is 42.6 Å². The third-order valence-electron chi connectivity index (χ3n) is 3.70. The first-order valence-corrected chi connectivity index (χ1v) is 6.78. The molecule has 2 N–H and O–H groups in total. The second-order valence-corrected chi connectivity index (χ2v) is 5.03. The van der Waals surface area contributed by atoms with Gasteiger partial charge in [-0.2, -0.15) is 0 Å². The topological polar surface area (TPSA) is 45.1 Å². The lowest BCUT2D eigenvalue weighted by molar-refractivity contribution is 0.444. The van der Waals surface area contributed by atoms with Crippen molar-refractivity contribution in [1.29, 1.82) is 0 Å². The second-order valence-electron chi connectivity index (χ2n) is 5.03. The van der Waals surface area contributed by atoms with Crippen LogP contribution in [0, 0.1) is 0 Å². The summed E-state index contributed by atoms with van der Waals surface area (Å²) in [6, 6.07) is 12.0. The van der Waals surface area contributed by atoms with E-state index >= 15 is 0 Å². The van der Waals surface area contributed by atoms with Crippen molar-refractivity contribution in [3.8, 4) is 5.75 Å². The van der Waals surface area contributed by atoms with Crippen LogP contribution in [-0.2, 0) is 13.0 Å². The normalized spacial score (nSPS) is 18.0. The van der Waals surface area contributed by atoms with Crippen LogP contribution in [-0.4, -0.2) is 10.1 Å². The smallest absolute Gasteiger partial charge is 0.115 e. The van der Waals surface area contributed by atoms with Crippen LogP contribution in [0.2, 0.25) is 0 Å². The Morgan fingerprint density at radius 1 is 1.26 bits per heavy atom. The Labute approximate surface area is 113 Å². The molecule has 2 aromatic rings. The molecule has 0 amide bonds. The van der Waals surface area contributed by atoms with E-state index in [1.54, 1.807) is 6.07 Å². The highest BCUT2D eigenvalue weighted by Gasteiger charge is 2.20. The van der Waals surface area contributed by atoms with Gasteiger partial charge in [-0.3, -0.25) is 4.98 Å². The average molecular weight is 254 g/mol. The first-order valence-electron chi connectivity index (χ1n) is 6.78. The summed E-state index contributed by atoms with van der Waals surface area (Å²) >= 11 is 0. The van der Waals surface area contributed by atoms with Gasteiger partial charge in [0.1, 0.15) is 5.75 Å². The van der Waals surface area contributed by atoms with Crippen LogP contribution in [0.1, 0.15) is 35.7 Å². The summed E-state index contributed by atoms with van der Waals surface area (Å²) in [6.45, 7) is 0.764. The first kappa shape index (κ1) is 12.2. The molecule has 0 radical (unpaired) electrons. The zero-order valence-electron chi connectivity index (χ0n) is 10.8. The van der Waals surface area contributed by atoms with Crippen LogP contribution in [0.3, 0.4) is 0 Å². The van der Waals surface area contributed by atoms with Gasteiger partial charge in [0.05, 0.1) is 5.69 Å². The van der Waals surface area contributed by atoms with E-state index in [1.807, 2.05) is 36.5 Å². The van der Waals surface area contributed by atoms with E-state index in [-0.39, 0.29) is 0 Å². The van der Waals surface area contributed by atoms with Gasteiger partial charge in [0.15, 0.2) is 0 Å². The van der Waals surface area contributed by atoms with Crippen molar-refractivity contribution in [2.24, 2.45) is 0 Å². The molecule has 19 heavy (non-hydrogen) atoms. The fourth-order valence-corrected chi connectivity index (χ4v) is 2.73. The van der Waals surface area contributed by atoms with Gasteiger partial charge in [-0.25, -0.2) is 0 Å². The molecule has 0 saturated heterocycles. The minimum atomic E-state index is 0.317. The highest BCUT2D eigenvalue weighted by molar-refractivity contribution is 5.38. The van der Waals surface area contributed by atoms with Crippen molar-refractivity contribution >= 4 is 0 Å². The molecule has 0 aliphatic heterocycles. The fourth-order valence-electron chi connectivity index (χ4n) is 2.73. The van der Waals surface area contributed by atoms with Gasteiger partial charge in [-0.15, -0.1) is 0 Å². The van der Waals surface area contributed by atoms with Gasteiger partial charge in [0.2, 0.25) is 0 Å². The molecule has 0 fully saturated rings. The molecule has 0 spiro atoms. The lowest BCUT2D eigenvalue weighted by atomic mass is 9.87. The number of aromatic hydroxyl groups is 1. The molecule has 1 heterocycles. The summed E-state index contributed by atoms with van der Waals surface area (Å²) in [7, 11) is 0. The molecule has 1 atom stereocenters. The Morgan fingerprint density at radius 2 is 2.21 bits per heavy atom. The van der Waals surface area contributed by atoms with Crippen molar-refractivity contribution in [3.05, 3.63) is 59.4 Å². The molecule has 1 aliphatic carbocycles. The standard InChI is InChI=1S/C16H18N2O/c19-14-8-7-12-4-3-6-16(15(12)10-14)18-11-13-5-1-2-9-17-13/h1-2,5,7-10,16,18-19H,3-4,6,11H2. The number of aromatic nitrogens is 1. The van der Waals surface area contributed by atoms with Gasteiger partial charge in [0, 0.05) is 18.8 Å². The molecular weight excluding hydrogens is 236 g/mol. The van der Waals surface area contributed by atoms with E-state index in [9.17, 15) is 5.11 Å². The predicted octanol–water partition coefficient (Wildman–Crippen LogP) is 2.95. The van der Waals surface area contributed by atoms with Crippen LogP contribution in [0.5, 0.6) is 5.75 Å². The first-order chi connectivity index (χ1) is 9.33. The molecule has 1 aliphatic rings. The number of pyridine rings is 1. The van der Waals surface area contributed by atoms with Gasteiger partial charge < -0.3 is 10.4 Å². The molecule has 3 heteroatoms. The summed E-state index contributed by atoms with van der Waals surface area (Å²) in [5.74, 6) is 0.352. The minimum absolute atomic E-state index is 0.317. The number of hydrogen-bond donors (Lipinski definition) is 2. The summed E-state index contributed by atoms with van der Waals surface area (Å²) in [5, 5.41) is 13.2. The third-order valence-corrected chi connectivity index (χ3v) is 3.70. The maximum atomic E-state index is 9.65. The van der Waals surface area contributed by atoms with Crippen molar-refractivity contribution in [2.45, 2.75) is 31.8 Å². The molecule has 98 valence electrons. The SMILES string of the molecule is Oc1ccc2c(c1)C(NCc1ccccn1)CCC2. The Hall–Kier alpha value is -1.87. The van der Waals surface area contributed by atoms with Gasteiger partial charge in [0.25, 0.3) is 0 Å². The number of aryl methyl sites for hydroxylation is 1. The minimum Gasteiger partial charge on any atom is -0.508 e. The van der Waals surface area contributed by atoms with E-state index < -0.39 is 0 Å².